The van der Waals surface area contributed by atoms with E-state index >= 15 is 0 Å². The van der Waals surface area contributed by atoms with E-state index in [4.69, 9.17) is 11.6 Å². The predicted molar refractivity (Wildman–Crippen MR) is 72.7 cm³/mol. The van der Waals surface area contributed by atoms with Crippen molar-refractivity contribution in [2.24, 2.45) is 11.3 Å². The molecule has 1 unspecified atom stereocenters. The Morgan fingerprint density at radius 1 is 1.33 bits per heavy atom. The lowest BCUT2D eigenvalue weighted by Gasteiger charge is -2.23. The lowest BCUT2D eigenvalue weighted by Crippen LogP contribution is -2.31. The first-order chi connectivity index (χ1) is 8.71. The van der Waals surface area contributed by atoms with E-state index in [9.17, 15) is 4.79 Å². The Kier molecular flexibility index (Phi) is 3.04. The summed E-state index contributed by atoms with van der Waals surface area (Å²) in [6.45, 7) is 2.08. The SMILES string of the molecule is O=C(Nc1ccccc1Cl)C1CC12CCNCC2. The predicted octanol–water partition coefficient (Wildman–Crippen LogP) is 2.67. The molecule has 1 saturated carbocycles. The number of para-hydroxylation sites is 1. The van der Waals surface area contributed by atoms with Gasteiger partial charge in [-0.3, -0.25) is 4.79 Å². The number of nitrogens with one attached hydrogen (secondary N) is 2. The van der Waals surface area contributed by atoms with E-state index in [1.165, 1.54) is 0 Å². The first kappa shape index (κ1) is 12.0. The largest absolute Gasteiger partial charge is 0.325 e. The molecule has 4 heteroatoms. The molecule has 1 spiro atoms. The van der Waals surface area contributed by atoms with Gasteiger partial charge in [0, 0.05) is 5.92 Å². The van der Waals surface area contributed by atoms with E-state index in [-0.39, 0.29) is 17.2 Å². The second-order valence-electron chi connectivity index (χ2n) is 5.34. The van der Waals surface area contributed by atoms with Gasteiger partial charge in [-0.25, -0.2) is 0 Å². The molecule has 1 saturated heterocycles. The first-order valence-corrected chi connectivity index (χ1v) is 6.85. The van der Waals surface area contributed by atoms with Gasteiger partial charge < -0.3 is 10.6 Å². The van der Waals surface area contributed by atoms with E-state index in [0.717, 1.165) is 38.0 Å². The second kappa shape index (κ2) is 4.56. The summed E-state index contributed by atoms with van der Waals surface area (Å²) in [5.41, 5.74) is 0.997. The first-order valence-electron chi connectivity index (χ1n) is 6.47. The third kappa shape index (κ3) is 2.13. The van der Waals surface area contributed by atoms with Crippen LogP contribution in [0.1, 0.15) is 19.3 Å². The normalized spacial score (nSPS) is 24.8. The summed E-state index contributed by atoms with van der Waals surface area (Å²) in [5, 5.41) is 6.90. The summed E-state index contributed by atoms with van der Waals surface area (Å²) in [4.78, 5) is 12.2. The van der Waals surface area contributed by atoms with Gasteiger partial charge in [0.1, 0.15) is 0 Å². The third-order valence-electron chi connectivity index (χ3n) is 4.24. The summed E-state index contributed by atoms with van der Waals surface area (Å²) >= 11 is 6.05. The van der Waals surface area contributed by atoms with Gasteiger partial charge in [-0.15, -0.1) is 0 Å². The van der Waals surface area contributed by atoms with Crippen LogP contribution in [0.4, 0.5) is 5.69 Å². The molecule has 2 fully saturated rings. The molecule has 1 aromatic rings. The average molecular weight is 265 g/mol. The zero-order chi connectivity index (χ0) is 12.6. The number of carbonyl (C=O) groups excluding carboxylic acids is 1. The molecular formula is C14H17ClN2O. The zero-order valence-electron chi connectivity index (χ0n) is 10.2. The number of rotatable bonds is 2. The van der Waals surface area contributed by atoms with Crippen LogP contribution < -0.4 is 10.6 Å². The maximum Gasteiger partial charge on any atom is 0.228 e. The number of hydrogen-bond donors (Lipinski definition) is 2. The van der Waals surface area contributed by atoms with Gasteiger partial charge in [-0.1, -0.05) is 23.7 Å². The standard InChI is InChI=1S/C14H17ClN2O/c15-11-3-1-2-4-12(11)17-13(18)10-9-14(10)5-7-16-8-6-14/h1-4,10,16H,5-9H2,(H,17,18). The molecule has 1 atom stereocenters. The highest BCUT2D eigenvalue weighted by molar-refractivity contribution is 6.33. The fraction of sp³-hybridized carbons (Fsp3) is 0.500. The van der Waals surface area contributed by atoms with Crippen molar-refractivity contribution in [3.05, 3.63) is 29.3 Å². The molecule has 96 valence electrons. The van der Waals surface area contributed by atoms with E-state index < -0.39 is 0 Å². The zero-order valence-corrected chi connectivity index (χ0v) is 11.0. The van der Waals surface area contributed by atoms with Crippen molar-refractivity contribution in [3.8, 4) is 0 Å². The van der Waals surface area contributed by atoms with Crippen LogP contribution in [0.25, 0.3) is 0 Å². The van der Waals surface area contributed by atoms with Gasteiger partial charge in [0.15, 0.2) is 0 Å². The highest BCUT2D eigenvalue weighted by Gasteiger charge is 2.57. The second-order valence-corrected chi connectivity index (χ2v) is 5.75. The Labute approximate surface area is 112 Å². The maximum absolute atomic E-state index is 12.2. The number of halogens is 1. The van der Waals surface area contributed by atoms with Gasteiger partial charge >= 0.3 is 0 Å². The highest BCUT2D eigenvalue weighted by Crippen LogP contribution is 2.58. The number of amides is 1. The van der Waals surface area contributed by atoms with Crippen LogP contribution in [0.15, 0.2) is 24.3 Å². The number of anilines is 1. The molecule has 3 rings (SSSR count). The van der Waals surface area contributed by atoms with Crippen LogP contribution in [0, 0.1) is 11.3 Å². The molecule has 1 aliphatic carbocycles. The van der Waals surface area contributed by atoms with Gasteiger partial charge in [0.2, 0.25) is 5.91 Å². The molecule has 0 radical (unpaired) electrons. The molecule has 3 nitrogen and oxygen atoms in total. The molecule has 1 aromatic carbocycles. The summed E-state index contributed by atoms with van der Waals surface area (Å²) in [6, 6.07) is 7.39. The van der Waals surface area contributed by atoms with Crippen molar-refractivity contribution in [3.63, 3.8) is 0 Å². The van der Waals surface area contributed by atoms with E-state index in [1.807, 2.05) is 18.2 Å². The minimum atomic E-state index is 0.130. The Morgan fingerprint density at radius 3 is 2.78 bits per heavy atom. The minimum absolute atomic E-state index is 0.130. The van der Waals surface area contributed by atoms with Crippen LogP contribution in [0.3, 0.4) is 0 Å². The molecular weight excluding hydrogens is 248 g/mol. The smallest absolute Gasteiger partial charge is 0.228 e. The number of piperidine rings is 1. The summed E-state index contributed by atoms with van der Waals surface area (Å²) in [7, 11) is 0. The summed E-state index contributed by atoms with van der Waals surface area (Å²) in [5.74, 6) is 0.306. The fourth-order valence-corrected chi connectivity index (χ4v) is 3.16. The maximum atomic E-state index is 12.2. The Balaban J connectivity index is 1.65. The van der Waals surface area contributed by atoms with Crippen LogP contribution >= 0.6 is 11.6 Å². The third-order valence-corrected chi connectivity index (χ3v) is 4.57. The van der Waals surface area contributed by atoms with Crippen LogP contribution in [-0.4, -0.2) is 19.0 Å². The topological polar surface area (TPSA) is 41.1 Å². The Morgan fingerprint density at radius 2 is 2.06 bits per heavy atom. The van der Waals surface area contributed by atoms with E-state index in [1.54, 1.807) is 6.07 Å². The Bertz CT molecular complexity index is 469. The monoisotopic (exact) mass is 264 g/mol. The molecule has 0 aromatic heterocycles. The number of carbonyl (C=O) groups is 1. The van der Waals surface area contributed by atoms with Crippen molar-refractivity contribution in [1.29, 1.82) is 0 Å². The molecule has 0 bridgehead atoms. The van der Waals surface area contributed by atoms with Crippen molar-refractivity contribution in [2.75, 3.05) is 18.4 Å². The quantitative estimate of drug-likeness (QED) is 0.862. The number of benzene rings is 1. The van der Waals surface area contributed by atoms with Crippen LogP contribution in [0.5, 0.6) is 0 Å². The molecule has 1 amide bonds. The van der Waals surface area contributed by atoms with Gasteiger partial charge in [-0.05, 0) is 49.9 Å². The van der Waals surface area contributed by atoms with Gasteiger partial charge in [0.25, 0.3) is 0 Å². The number of hydrogen-bond acceptors (Lipinski definition) is 2. The van der Waals surface area contributed by atoms with Crippen molar-refractivity contribution < 1.29 is 4.79 Å². The van der Waals surface area contributed by atoms with Gasteiger partial charge in [0.05, 0.1) is 10.7 Å². The van der Waals surface area contributed by atoms with Crippen LogP contribution in [0.2, 0.25) is 5.02 Å². The van der Waals surface area contributed by atoms with Crippen molar-refractivity contribution in [2.45, 2.75) is 19.3 Å². The molecule has 18 heavy (non-hydrogen) atoms. The molecule has 2 aliphatic rings. The summed E-state index contributed by atoms with van der Waals surface area (Å²) < 4.78 is 0. The summed E-state index contributed by atoms with van der Waals surface area (Å²) in [6.07, 6.45) is 3.27. The van der Waals surface area contributed by atoms with Crippen molar-refractivity contribution >= 4 is 23.2 Å². The average Bonchev–Trinajstić information content (AvgIpc) is 3.07. The Hall–Kier alpha value is -1.06. The minimum Gasteiger partial charge on any atom is -0.325 e. The van der Waals surface area contributed by atoms with E-state index in [2.05, 4.69) is 10.6 Å². The van der Waals surface area contributed by atoms with Gasteiger partial charge in [-0.2, -0.15) is 0 Å². The molecule has 2 N–H and O–H groups in total. The highest BCUT2D eigenvalue weighted by atomic mass is 35.5. The molecule has 1 heterocycles. The van der Waals surface area contributed by atoms with Crippen molar-refractivity contribution in [1.82, 2.24) is 5.32 Å². The fourth-order valence-electron chi connectivity index (χ4n) is 2.98. The molecule has 1 aliphatic heterocycles. The van der Waals surface area contributed by atoms with E-state index in [0.29, 0.717) is 5.02 Å². The van der Waals surface area contributed by atoms with Crippen LogP contribution in [-0.2, 0) is 4.79 Å². The lowest BCUT2D eigenvalue weighted by molar-refractivity contribution is -0.118. The lowest BCUT2D eigenvalue weighted by atomic mass is 9.92.